The van der Waals surface area contributed by atoms with Gasteiger partial charge >= 0.3 is 5.97 Å². The fourth-order valence-corrected chi connectivity index (χ4v) is 3.35. The molecule has 30 heavy (non-hydrogen) atoms. The molecule has 0 radical (unpaired) electrons. The number of hydrogen-bond acceptors (Lipinski definition) is 4. The minimum absolute atomic E-state index is 0.178. The van der Waals surface area contributed by atoms with Gasteiger partial charge in [-0.2, -0.15) is 0 Å². The van der Waals surface area contributed by atoms with Crippen LogP contribution in [-0.2, 0) is 33.6 Å². The summed E-state index contributed by atoms with van der Waals surface area (Å²) in [6.45, 7) is 1.85. The van der Waals surface area contributed by atoms with Crippen molar-refractivity contribution < 1.29 is 29.4 Å². The first-order valence-corrected chi connectivity index (χ1v) is 10.0. The van der Waals surface area contributed by atoms with Crippen molar-refractivity contribution in [3.05, 3.63) is 82.9 Å². The lowest BCUT2D eigenvalue weighted by atomic mass is 9.87. The number of hydrogen-bond donors (Lipinski definition) is 2. The van der Waals surface area contributed by atoms with Gasteiger partial charge in [0.25, 0.3) is 0 Å². The molecule has 0 saturated heterocycles. The molecule has 1 aliphatic carbocycles. The molecule has 1 unspecified atom stereocenters. The molecule has 0 heterocycles. The van der Waals surface area contributed by atoms with E-state index in [0.29, 0.717) is 12.2 Å². The first kappa shape index (κ1) is 23.3. The molecule has 1 aliphatic rings. The van der Waals surface area contributed by atoms with Crippen LogP contribution in [0.3, 0.4) is 0 Å². The quantitative estimate of drug-likeness (QED) is 0.680. The van der Waals surface area contributed by atoms with Crippen LogP contribution in [-0.4, -0.2) is 44.3 Å². The lowest BCUT2D eigenvalue weighted by Crippen LogP contribution is -3.06. The number of carbonyl (C=O) groups excluding carboxylic acids is 1. The van der Waals surface area contributed by atoms with E-state index in [0.717, 1.165) is 32.4 Å². The minimum atomic E-state index is -1.51. The minimum Gasteiger partial charge on any atom is -0.545 e. The second kappa shape index (κ2) is 11.9. The number of fused-ring (bicyclic) bond motifs is 2. The highest BCUT2D eigenvalue weighted by atomic mass is 16.5. The number of likely N-dealkylation sites (N-methyl/N-ethyl adjacent to an activating group) is 1. The number of quaternary nitrogens is 1. The van der Waals surface area contributed by atoms with E-state index < -0.39 is 11.9 Å². The van der Waals surface area contributed by atoms with E-state index in [1.165, 1.54) is 27.2 Å². The topological polar surface area (TPSA) is 91.1 Å². The lowest BCUT2D eigenvalue weighted by Gasteiger charge is -2.25. The van der Waals surface area contributed by atoms with E-state index >= 15 is 0 Å². The second-order valence-electron chi connectivity index (χ2n) is 7.48. The predicted molar refractivity (Wildman–Crippen MR) is 112 cm³/mol. The van der Waals surface area contributed by atoms with Gasteiger partial charge in [0, 0.05) is 12.5 Å². The van der Waals surface area contributed by atoms with Crippen LogP contribution in [0.25, 0.3) is 0 Å². The number of rotatable bonds is 6. The van der Waals surface area contributed by atoms with Crippen molar-refractivity contribution in [3.63, 3.8) is 0 Å². The van der Waals surface area contributed by atoms with Gasteiger partial charge in [0.15, 0.2) is 0 Å². The molecule has 0 aliphatic heterocycles. The molecular formula is C24H29NO5. The summed E-state index contributed by atoms with van der Waals surface area (Å²) in [6, 6.07) is 17.6. The van der Waals surface area contributed by atoms with Crippen LogP contribution < -0.4 is 10.0 Å². The van der Waals surface area contributed by atoms with Crippen molar-refractivity contribution in [3.8, 4) is 0 Å². The molecule has 2 aromatic carbocycles. The fraction of sp³-hybridized carbons (Fsp3) is 0.333. The Labute approximate surface area is 177 Å². The monoisotopic (exact) mass is 411 g/mol. The Hall–Kier alpha value is -2.96. The highest BCUT2D eigenvalue weighted by molar-refractivity contribution is 5.88. The van der Waals surface area contributed by atoms with Crippen LogP contribution in [0.15, 0.2) is 60.7 Å². The Morgan fingerprint density at radius 1 is 1.03 bits per heavy atom. The summed E-state index contributed by atoms with van der Waals surface area (Å²) in [5.41, 5.74) is 5.74. The maximum Gasteiger partial charge on any atom is 0.328 e. The standard InChI is InChI=1S/C20H25NO.C4H4O4/c1-21(2)13-14-22-20-15-18-9-4-3-7-16(18)11-12-17-8-5-6-10-19(17)20;5-3(6)1-2-4(7)8/h3-10,20H,11-15H2,1-2H3;1-2H,(H,5,6)(H,7,8)/b;2-1+. The van der Waals surface area contributed by atoms with Gasteiger partial charge in [-0.3, -0.25) is 0 Å². The molecule has 6 nitrogen and oxygen atoms in total. The third kappa shape index (κ3) is 7.81. The van der Waals surface area contributed by atoms with Crippen molar-refractivity contribution in [2.24, 2.45) is 0 Å². The number of carbonyl (C=O) groups is 2. The first-order valence-electron chi connectivity index (χ1n) is 10.0. The smallest absolute Gasteiger partial charge is 0.328 e. The zero-order valence-electron chi connectivity index (χ0n) is 17.5. The molecule has 6 heteroatoms. The van der Waals surface area contributed by atoms with E-state index in [4.69, 9.17) is 9.84 Å². The number of ether oxygens (including phenoxy) is 1. The number of aliphatic carboxylic acids is 2. The average molecular weight is 411 g/mol. The number of nitrogens with one attached hydrogen (secondary N) is 1. The summed E-state index contributed by atoms with van der Waals surface area (Å²) in [4.78, 5) is 20.4. The molecule has 1 atom stereocenters. The molecule has 0 spiro atoms. The van der Waals surface area contributed by atoms with Crippen molar-refractivity contribution >= 4 is 11.9 Å². The Morgan fingerprint density at radius 3 is 2.23 bits per heavy atom. The van der Waals surface area contributed by atoms with Crippen LogP contribution >= 0.6 is 0 Å². The van der Waals surface area contributed by atoms with Crippen LogP contribution in [0, 0.1) is 0 Å². The van der Waals surface area contributed by atoms with Gasteiger partial charge in [0.1, 0.15) is 6.54 Å². The van der Waals surface area contributed by atoms with E-state index in [-0.39, 0.29) is 6.10 Å². The van der Waals surface area contributed by atoms with Crippen LogP contribution in [0.4, 0.5) is 0 Å². The molecule has 2 N–H and O–H groups in total. The van der Waals surface area contributed by atoms with Gasteiger partial charge in [-0.05, 0) is 41.2 Å². The summed E-state index contributed by atoms with van der Waals surface area (Å²) >= 11 is 0. The zero-order chi connectivity index (χ0) is 21.9. The molecule has 0 saturated carbocycles. The zero-order valence-corrected chi connectivity index (χ0v) is 17.5. The number of aryl methyl sites for hydroxylation is 2. The van der Waals surface area contributed by atoms with Crippen LogP contribution in [0.2, 0.25) is 0 Å². The van der Waals surface area contributed by atoms with Gasteiger partial charge in [-0.25, -0.2) is 4.79 Å². The summed E-state index contributed by atoms with van der Waals surface area (Å²) in [7, 11) is 4.34. The Kier molecular flexibility index (Phi) is 9.25. The molecule has 160 valence electrons. The molecule has 0 fully saturated rings. The van der Waals surface area contributed by atoms with Gasteiger partial charge in [-0.15, -0.1) is 0 Å². The molecule has 0 amide bonds. The first-order chi connectivity index (χ1) is 14.4. The third-order valence-electron chi connectivity index (χ3n) is 4.87. The lowest BCUT2D eigenvalue weighted by molar-refractivity contribution is -0.858. The molecule has 0 aromatic heterocycles. The van der Waals surface area contributed by atoms with E-state index in [1.54, 1.807) is 0 Å². The van der Waals surface area contributed by atoms with Gasteiger partial charge in [0.05, 0.1) is 32.8 Å². The van der Waals surface area contributed by atoms with Crippen LogP contribution in [0.5, 0.6) is 0 Å². The summed E-state index contributed by atoms with van der Waals surface area (Å²) < 4.78 is 6.29. The van der Waals surface area contributed by atoms with E-state index in [1.807, 2.05) is 0 Å². The van der Waals surface area contributed by atoms with Crippen LogP contribution in [0.1, 0.15) is 28.4 Å². The Bertz CT molecular complexity index is 859. The average Bonchev–Trinajstić information content (AvgIpc) is 2.70. The van der Waals surface area contributed by atoms with Gasteiger partial charge in [-0.1, -0.05) is 48.5 Å². The second-order valence-corrected chi connectivity index (χ2v) is 7.48. The molecular weight excluding hydrogens is 382 g/mol. The Balaban J connectivity index is 0.000000343. The molecule has 2 aromatic rings. The number of benzene rings is 2. The van der Waals surface area contributed by atoms with E-state index in [9.17, 15) is 14.7 Å². The maximum absolute atomic E-state index is 9.53. The normalized spacial score (nSPS) is 15.4. The summed E-state index contributed by atoms with van der Waals surface area (Å²) in [6.07, 6.45) is 4.33. The highest BCUT2D eigenvalue weighted by Crippen LogP contribution is 2.30. The largest absolute Gasteiger partial charge is 0.545 e. The summed E-state index contributed by atoms with van der Waals surface area (Å²) in [5.74, 6) is -2.80. The highest BCUT2D eigenvalue weighted by Gasteiger charge is 2.20. The van der Waals surface area contributed by atoms with Crippen molar-refractivity contribution in [1.82, 2.24) is 0 Å². The predicted octanol–water partition coefficient (Wildman–Crippen LogP) is 0.607. The summed E-state index contributed by atoms with van der Waals surface area (Å²) in [5, 5.41) is 17.2. The van der Waals surface area contributed by atoms with Gasteiger partial charge in [0.2, 0.25) is 0 Å². The number of carboxylic acid groups (broad SMARTS) is 2. The fourth-order valence-electron chi connectivity index (χ4n) is 3.35. The number of carboxylic acids is 2. The van der Waals surface area contributed by atoms with Crippen molar-refractivity contribution in [2.45, 2.75) is 25.4 Å². The maximum atomic E-state index is 9.53. The third-order valence-corrected chi connectivity index (χ3v) is 4.87. The van der Waals surface area contributed by atoms with Gasteiger partial charge < -0.3 is 24.6 Å². The molecule has 3 rings (SSSR count). The van der Waals surface area contributed by atoms with Crippen molar-refractivity contribution in [1.29, 1.82) is 0 Å². The van der Waals surface area contributed by atoms with E-state index in [2.05, 4.69) is 62.6 Å². The SMILES string of the molecule is C[NH+](C)CCOC1Cc2ccccc2CCc2ccccc21.O=C([O-])/C=C/C(=O)O. The Morgan fingerprint density at radius 2 is 1.63 bits per heavy atom. The van der Waals surface area contributed by atoms with Crippen molar-refractivity contribution in [2.75, 3.05) is 27.2 Å². The molecule has 0 bridgehead atoms.